The van der Waals surface area contributed by atoms with Crippen molar-refractivity contribution in [1.82, 2.24) is 0 Å². The number of hydrogen-bond acceptors (Lipinski definition) is 8. The average Bonchev–Trinajstić information content (AvgIpc) is 3.62. The molecule has 0 amide bonds. The van der Waals surface area contributed by atoms with Gasteiger partial charge in [-0.15, -0.1) is 0 Å². The summed E-state index contributed by atoms with van der Waals surface area (Å²) in [6.45, 7) is 0. The van der Waals surface area contributed by atoms with Crippen LogP contribution in [0.4, 0.5) is 0 Å². The number of benzene rings is 3. The van der Waals surface area contributed by atoms with Crippen LogP contribution in [0.1, 0.15) is 51.8 Å². The highest BCUT2D eigenvalue weighted by atomic mass is 14.5. The predicted octanol–water partition coefficient (Wildman–Crippen LogP) is 6.94. The molecule has 3 aromatic carbocycles. The predicted molar refractivity (Wildman–Crippen MR) is 165 cm³/mol. The summed E-state index contributed by atoms with van der Waals surface area (Å²) < 4.78 is 0. The SMILES string of the molecule is N#CC(C#N)=C1C2=C(C(c3cc(C#N)cc(C#N)c3)=CCC2)C2=C1c1c(cccc1-c1cc(C#N)cc(C#N)c1)C2=C(C#N)C#N. The molecule has 3 aliphatic rings. The fourth-order valence-electron chi connectivity index (χ4n) is 6.49. The third-order valence-electron chi connectivity index (χ3n) is 8.15. The van der Waals surface area contributed by atoms with Crippen LogP contribution in [0.15, 0.2) is 94.1 Å². The van der Waals surface area contributed by atoms with Gasteiger partial charge in [0.25, 0.3) is 0 Å². The van der Waals surface area contributed by atoms with Crippen LogP contribution in [0, 0.1) is 90.6 Å². The van der Waals surface area contributed by atoms with Gasteiger partial charge in [0, 0.05) is 22.3 Å². The molecule has 8 heteroatoms. The molecule has 8 nitrogen and oxygen atoms in total. The van der Waals surface area contributed by atoms with E-state index in [0.717, 1.165) is 0 Å². The Morgan fingerprint density at radius 2 is 1.02 bits per heavy atom. The molecule has 0 aromatic heterocycles. The second-order valence-electron chi connectivity index (χ2n) is 10.5. The lowest BCUT2D eigenvalue weighted by Gasteiger charge is -2.23. The highest BCUT2D eigenvalue weighted by Crippen LogP contribution is 2.62. The van der Waals surface area contributed by atoms with Gasteiger partial charge in [0.05, 0.1) is 46.5 Å². The lowest BCUT2D eigenvalue weighted by atomic mass is 9.79. The van der Waals surface area contributed by atoms with Crippen LogP contribution < -0.4 is 0 Å². The highest BCUT2D eigenvalue weighted by molar-refractivity contribution is 6.20. The quantitative estimate of drug-likeness (QED) is 0.290. The summed E-state index contributed by atoms with van der Waals surface area (Å²) >= 11 is 0. The van der Waals surface area contributed by atoms with Crippen LogP contribution in [-0.4, -0.2) is 0 Å². The molecule has 0 spiro atoms. The van der Waals surface area contributed by atoms with E-state index in [9.17, 15) is 42.1 Å². The van der Waals surface area contributed by atoms with Crippen LogP contribution in [-0.2, 0) is 0 Å². The molecule has 6 rings (SSSR count). The third-order valence-corrected chi connectivity index (χ3v) is 8.15. The summed E-state index contributed by atoms with van der Waals surface area (Å²) in [7, 11) is 0. The minimum absolute atomic E-state index is 0.150. The molecule has 0 aliphatic heterocycles. The number of rotatable bonds is 2. The first-order valence-corrected chi connectivity index (χ1v) is 13.8. The van der Waals surface area contributed by atoms with E-state index in [1.807, 2.05) is 30.4 Å². The summed E-state index contributed by atoms with van der Waals surface area (Å²) in [5, 5.41) is 79.6. The summed E-state index contributed by atoms with van der Waals surface area (Å²) in [5.74, 6) is 0. The maximum absolute atomic E-state index is 10.2. The van der Waals surface area contributed by atoms with E-state index in [4.69, 9.17) is 0 Å². The first-order chi connectivity index (χ1) is 22.5. The number of hydrogen-bond donors (Lipinski definition) is 0. The average molecular weight is 583 g/mol. The van der Waals surface area contributed by atoms with Crippen LogP contribution in [0.2, 0.25) is 0 Å². The van der Waals surface area contributed by atoms with Gasteiger partial charge in [0.2, 0.25) is 0 Å². The summed E-state index contributed by atoms with van der Waals surface area (Å²) in [5.41, 5.74) is 7.15. The van der Waals surface area contributed by atoms with Gasteiger partial charge >= 0.3 is 0 Å². The molecule has 0 saturated carbocycles. The van der Waals surface area contributed by atoms with E-state index >= 15 is 0 Å². The molecule has 0 bridgehead atoms. The molecule has 0 radical (unpaired) electrons. The van der Waals surface area contributed by atoms with E-state index < -0.39 is 0 Å². The molecular formula is C38H14N8. The molecule has 0 N–H and O–H groups in total. The Kier molecular flexibility index (Phi) is 6.90. The Balaban J connectivity index is 1.79. The molecule has 46 heavy (non-hydrogen) atoms. The molecule has 0 saturated heterocycles. The van der Waals surface area contributed by atoms with Crippen LogP contribution in [0.5, 0.6) is 0 Å². The highest BCUT2D eigenvalue weighted by Gasteiger charge is 2.44. The Morgan fingerprint density at radius 3 is 1.54 bits per heavy atom. The Morgan fingerprint density at radius 1 is 0.522 bits per heavy atom. The van der Waals surface area contributed by atoms with Crippen molar-refractivity contribution in [2.24, 2.45) is 0 Å². The van der Waals surface area contributed by atoms with Crippen molar-refractivity contribution in [3.8, 4) is 59.7 Å². The zero-order chi connectivity index (χ0) is 32.5. The van der Waals surface area contributed by atoms with E-state index in [1.54, 1.807) is 42.5 Å². The minimum Gasteiger partial charge on any atom is -0.192 e. The Hall–Kier alpha value is -7.72. The van der Waals surface area contributed by atoms with Gasteiger partial charge in [-0.3, -0.25) is 0 Å². The number of nitriles is 8. The van der Waals surface area contributed by atoms with Crippen molar-refractivity contribution in [2.45, 2.75) is 12.8 Å². The number of allylic oxidation sites excluding steroid dienone is 10. The molecule has 3 aromatic rings. The van der Waals surface area contributed by atoms with Crippen molar-refractivity contribution in [3.05, 3.63) is 133 Å². The first-order valence-electron chi connectivity index (χ1n) is 13.8. The molecule has 206 valence electrons. The summed E-state index contributed by atoms with van der Waals surface area (Å²) in [6, 6.07) is 31.3. The largest absolute Gasteiger partial charge is 0.192 e. The molecule has 0 fully saturated rings. The standard InChI is InChI=1S/C38H14N8/c39-13-21-7-22(14-40)10-25(9-21)29-3-1-5-31-33(27(17-43)18-44)37-36-30(26-11-23(15-41)8-24(12-26)16-42)4-2-6-32(36)34(28(19-45)20-46)38(37)35(29)31/h1,3-5,7-12H,2,6H2. The topological polar surface area (TPSA) is 190 Å². The van der Waals surface area contributed by atoms with Crippen LogP contribution in [0.25, 0.3) is 27.8 Å². The van der Waals surface area contributed by atoms with E-state index in [2.05, 4.69) is 24.3 Å². The maximum atomic E-state index is 10.2. The lowest BCUT2D eigenvalue weighted by Crippen LogP contribution is -2.05. The second-order valence-corrected chi connectivity index (χ2v) is 10.5. The van der Waals surface area contributed by atoms with Gasteiger partial charge < -0.3 is 0 Å². The molecule has 0 atom stereocenters. The van der Waals surface area contributed by atoms with Crippen LogP contribution in [0.3, 0.4) is 0 Å². The van der Waals surface area contributed by atoms with E-state index in [-0.39, 0.29) is 33.4 Å². The Labute approximate surface area is 264 Å². The maximum Gasteiger partial charge on any atom is 0.138 e. The second kappa shape index (κ2) is 11.2. The van der Waals surface area contributed by atoms with E-state index in [1.165, 1.54) is 12.1 Å². The molecular weight excluding hydrogens is 568 g/mol. The van der Waals surface area contributed by atoms with Gasteiger partial charge in [-0.1, -0.05) is 24.3 Å². The van der Waals surface area contributed by atoms with Gasteiger partial charge in [0.1, 0.15) is 35.4 Å². The molecule has 3 aliphatic carbocycles. The number of fused-ring (bicyclic) bond motifs is 3. The fourth-order valence-corrected chi connectivity index (χ4v) is 6.49. The third kappa shape index (κ3) is 4.15. The zero-order valence-corrected chi connectivity index (χ0v) is 23.8. The van der Waals surface area contributed by atoms with Crippen molar-refractivity contribution in [3.63, 3.8) is 0 Å². The Bertz CT molecular complexity index is 2400. The summed E-state index contributed by atoms with van der Waals surface area (Å²) in [4.78, 5) is 0. The van der Waals surface area contributed by atoms with Crippen molar-refractivity contribution >= 4 is 16.7 Å². The number of nitrogens with zero attached hydrogens (tertiary/aromatic N) is 8. The smallest absolute Gasteiger partial charge is 0.138 e. The summed E-state index contributed by atoms with van der Waals surface area (Å²) in [6.07, 6.45) is 2.92. The van der Waals surface area contributed by atoms with Crippen molar-refractivity contribution in [2.75, 3.05) is 0 Å². The lowest BCUT2D eigenvalue weighted by molar-refractivity contribution is 0.975. The van der Waals surface area contributed by atoms with Crippen molar-refractivity contribution in [1.29, 1.82) is 42.1 Å². The van der Waals surface area contributed by atoms with Gasteiger partial charge in [-0.25, -0.2) is 0 Å². The minimum atomic E-state index is -0.177. The molecule has 0 unspecified atom stereocenters. The monoisotopic (exact) mass is 582 g/mol. The normalized spacial score (nSPS) is 13.6. The van der Waals surface area contributed by atoms with Crippen molar-refractivity contribution < 1.29 is 0 Å². The fraction of sp³-hybridized carbons (Fsp3) is 0.0526. The first kappa shape index (κ1) is 28.4. The van der Waals surface area contributed by atoms with E-state index in [0.29, 0.717) is 79.7 Å². The van der Waals surface area contributed by atoms with Crippen LogP contribution >= 0.6 is 0 Å². The zero-order valence-electron chi connectivity index (χ0n) is 23.8. The van der Waals surface area contributed by atoms with Gasteiger partial charge in [0.15, 0.2) is 0 Å². The molecule has 0 heterocycles. The van der Waals surface area contributed by atoms with Gasteiger partial charge in [-0.05, 0) is 93.8 Å². The van der Waals surface area contributed by atoms with Gasteiger partial charge in [-0.2, -0.15) is 42.1 Å².